The molecular formula is C15H17N3. The van der Waals surface area contributed by atoms with E-state index in [-0.39, 0.29) is 0 Å². The summed E-state index contributed by atoms with van der Waals surface area (Å²) >= 11 is 0. The van der Waals surface area contributed by atoms with Crippen LogP contribution in [0.25, 0.3) is 0 Å². The highest BCUT2D eigenvalue weighted by Gasteiger charge is 2.11. The quantitative estimate of drug-likeness (QED) is 0.826. The van der Waals surface area contributed by atoms with Gasteiger partial charge in [-0.3, -0.25) is 0 Å². The minimum absolute atomic E-state index is 0.558. The SMILES string of the molecule is Cc1cccc(CCc2c(C#N)nc(C)n2C)c1. The molecule has 0 aliphatic rings. The van der Waals surface area contributed by atoms with Gasteiger partial charge in [-0.15, -0.1) is 0 Å². The highest BCUT2D eigenvalue weighted by molar-refractivity contribution is 5.30. The van der Waals surface area contributed by atoms with Gasteiger partial charge in [-0.2, -0.15) is 5.26 Å². The molecule has 1 aromatic heterocycles. The third-order valence-electron chi connectivity index (χ3n) is 3.28. The second-order valence-electron chi connectivity index (χ2n) is 4.61. The van der Waals surface area contributed by atoms with Gasteiger partial charge in [0.25, 0.3) is 0 Å². The van der Waals surface area contributed by atoms with Crippen molar-refractivity contribution in [2.75, 3.05) is 0 Å². The molecule has 92 valence electrons. The predicted molar refractivity (Wildman–Crippen MR) is 71.2 cm³/mol. The van der Waals surface area contributed by atoms with Gasteiger partial charge in [0.15, 0.2) is 5.69 Å². The lowest BCUT2D eigenvalue weighted by Crippen LogP contribution is -2.02. The van der Waals surface area contributed by atoms with Gasteiger partial charge in [0, 0.05) is 7.05 Å². The van der Waals surface area contributed by atoms with Gasteiger partial charge in [0.2, 0.25) is 0 Å². The highest BCUT2D eigenvalue weighted by Crippen LogP contribution is 2.13. The van der Waals surface area contributed by atoms with Gasteiger partial charge < -0.3 is 4.57 Å². The maximum Gasteiger partial charge on any atom is 0.161 e. The Morgan fingerprint density at radius 1 is 1.28 bits per heavy atom. The number of rotatable bonds is 3. The fourth-order valence-corrected chi connectivity index (χ4v) is 2.16. The average molecular weight is 239 g/mol. The number of imidazole rings is 1. The van der Waals surface area contributed by atoms with Gasteiger partial charge in [0.1, 0.15) is 11.9 Å². The number of aryl methyl sites for hydroxylation is 3. The Hall–Kier alpha value is -2.08. The van der Waals surface area contributed by atoms with Crippen LogP contribution in [0.4, 0.5) is 0 Å². The molecule has 3 nitrogen and oxygen atoms in total. The first-order chi connectivity index (χ1) is 8.61. The normalized spacial score (nSPS) is 10.3. The number of aromatic nitrogens is 2. The molecular weight excluding hydrogens is 222 g/mol. The summed E-state index contributed by atoms with van der Waals surface area (Å²) in [7, 11) is 1.97. The Bertz CT molecular complexity index is 603. The molecule has 0 fully saturated rings. The van der Waals surface area contributed by atoms with Gasteiger partial charge in [-0.25, -0.2) is 4.98 Å². The zero-order valence-electron chi connectivity index (χ0n) is 11.1. The minimum Gasteiger partial charge on any atom is -0.334 e. The van der Waals surface area contributed by atoms with E-state index in [0.717, 1.165) is 24.4 Å². The van der Waals surface area contributed by atoms with E-state index < -0.39 is 0 Å². The second-order valence-corrected chi connectivity index (χ2v) is 4.61. The summed E-state index contributed by atoms with van der Waals surface area (Å²) in [5.41, 5.74) is 4.16. The van der Waals surface area contributed by atoms with E-state index >= 15 is 0 Å². The maximum atomic E-state index is 9.07. The number of benzene rings is 1. The lowest BCUT2D eigenvalue weighted by Gasteiger charge is -2.05. The van der Waals surface area contributed by atoms with Crippen LogP contribution in [0.5, 0.6) is 0 Å². The summed E-state index contributed by atoms with van der Waals surface area (Å²) in [4.78, 5) is 4.26. The Kier molecular flexibility index (Phi) is 3.47. The van der Waals surface area contributed by atoms with Crippen molar-refractivity contribution in [1.29, 1.82) is 5.26 Å². The molecule has 1 aromatic carbocycles. The Balaban J connectivity index is 2.18. The van der Waals surface area contributed by atoms with Crippen LogP contribution in [0.15, 0.2) is 24.3 Å². The van der Waals surface area contributed by atoms with Crippen molar-refractivity contribution >= 4 is 0 Å². The van der Waals surface area contributed by atoms with Gasteiger partial charge >= 0.3 is 0 Å². The molecule has 2 aromatic rings. The molecule has 0 saturated carbocycles. The summed E-state index contributed by atoms with van der Waals surface area (Å²) in [6.07, 6.45) is 1.79. The molecule has 0 saturated heterocycles. The summed E-state index contributed by atoms with van der Waals surface area (Å²) in [6.45, 7) is 4.02. The number of hydrogen-bond acceptors (Lipinski definition) is 2. The van der Waals surface area contributed by atoms with Crippen LogP contribution >= 0.6 is 0 Å². The first kappa shape index (κ1) is 12.4. The summed E-state index contributed by atoms with van der Waals surface area (Å²) in [5, 5.41) is 9.07. The summed E-state index contributed by atoms with van der Waals surface area (Å²) in [6, 6.07) is 10.7. The van der Waals surface area contributed by atoms with E-state index in [9.17, 15) is 0 Å². The molecule has 0 amide bonds. The van der Waals surface area contributed by atoms with Crippen molar-refractivity contribution in [3.63, 3.8) is 0 Å². The first-order valence-electron chi connectivity index (χ1n) is 6.09. The molecule has 0 bridgehead atoms. The standard InChI is InChI=1S/C15H17N3/c1-11-5-4-6-13(9-11)7-8-15-14(10-16)17-12(2)18(15)3/h4-6,9H,7-8H2,1-3H3. The lowest BCUT2D eigenvalue weighted by atomic mass is 10.1. The van der Waals surface area contributed by atoms with Crippen molar-refractivity contribution in [2.45, 2.75) is 26.7 Å². The molecule has 0 unspecified atom stereocenters. The van der Waals surface area contributed by atoms with Crippen LogP contribution in [0.3, 0.4) is 0 Å². The molecule has 0 atom stereocenters. The summed E-state index contributed by atoms with van der Waals surface area (Å²) in [5.74, 6) is 0.894. The van der Waals surface area contributed by atoms with Crippen molar-refractivity contribution in [3.05, 3.63) is 52.6 Å². The van der Waals surface area contributed by atoms with Crippen LogP contribution in [-0.2, 0) is 19.9 Å². The topological polar surface area (TPSA) is 41.6 Å². The Labute approximate surface area is 108 Å². The van der Waals surface area contributed by atoms with Gasteiger partial charge in [-0.05, 0) is 32.3 Å². The second kappa shape index (κ2) is 5.05. The molecule has 1 heterocycles. The van der Waals surface area contributed by atoms with Crippen molar-refractivity contribution in [1.82, 2.24) is 9.55 Å². The van der Waals surface area contributed by atoms with Crippen LogP contribution in [0, 0.1) is 25.2 Å². The van der Waals surface area contributed by atoms with E-state index in [4.69, 9.17) is 5.26 Å². The zero-order chi connectivity index (χ0) is 13.1. The smallest absolute Gasteiger partial charge is 0.161 e. The molecule has 0 N–H and O–H groups in total. The lowest BCUT2D eigenvalue weighted by molar-refractivity contribution is 0.771. The van der Waals surface area contributed by atoms with E-state index in [2.05, 4.69) is 42.2 Å². The van der Waals surface area contributed by atoms with Crippen molar-refractivity contribution in [2.24, 2.45) is 7.05 Å². The fourth-order valence-electron chi connectivity index (χ4n) is 2.16. The molecule has 0 aliphatic carbocycles. The fraction of sp³-hybridized carbons (Fsp3) is 0.333. The first-order valence-corrected chi connectivity index (χ1v) is 6.09. The number of nitrogens with zero attached hydrogens (tertiary/aromatic N) is 3. The highest BCUT2D eigenvalue weighted by atomic mass is 15.1. The third kappa shape index (κ3) is 2.43. The average Bonchev–Trinajstić information content (AvgIpc) is 2.63. The van der Waals surface area contributed by atoms with E-state index in [1.807, 2.05) is 18.5 Å². The molecule has 3 heteroatoms. The van der Waals surface area contributed by atoms with Crippen LogP contribution in [-0.4, -0.2) is 9.55 Å². The zero-order valence-corrected chi connectivity index (χ0v) is 11.1. The minimum atomic E-state index is 0.558. The third-order valence-corrected chi connectivity index (χ3v) is 3.28. The molecule has 18 heavy (non-hydrogen) atoms. The van der Waals surface area contributed by atoms with Crippen LogP contribution in [0.1, 0.15) is 28.3 Å². The molecule has 0 aliphatic heterocycles. The predicted octanol–water partition coefficient (Wildman–Crippen LogP) is 2.69. The summed E-state index contributed by atoms with van der Waals surface area (Å²) < 4.78 is 2.01. The van der Waals surface area contributed by atoms with Gasteiger partial charge in [0.05, 0.1) is 5.69 Å². The van der Waals surface area contributed by atoms with Crippen LogP contribution in [0.2, 0.25) is 0 Å². The molecule has 0 spiro atoms. The monoisotopic (exact) mass is 239 g/mol. The molecule has 0 radical (unpaired) electrons. The maximum absolute atomic E-state index is 9.07. The Morgan fingerprint density at radius 3 is 2.72 bits per heavy atom. The van der Waals surface area contributed by atoms with Gasteiger partial charge in [-0.1, -0.05) is 29.8 Å². The van der Waals surface area contributed by atoms with E-state index in [1.165, 1.54) is 11.1 Å². The van der Waals surface area contributed by atoms with E-state index in [0.29, 0.717) is 5.69 Å². The van der Waals surface area contributed by atoms with E-state index in [1.54, 1.807) is 0 Å². The molecule has 2 rings (SSSR count). The number of hydrogen-bond donors (Lipinski definition) is 0. The Morgan fingerprint density at radius 2 is 2.06 bits per heavy atom. The number of nitriles is 1. The largest absolute Gasteiger partial charge is 0.334 e. The van der Waals surface area contributed by atoms with Crippen molar-refractivity contribution in [3.8, 4) is 6.07 Å². The van der Waals surface area contributed by atoms with Crippen molar-refractivity contribution < 1.29 is 0 Å². The van der Waals surface area contributed by atoms with Crippen LogP contribution < -0.4 is 0 Å².